The van der Waals surface area contributed by atoms with E-state index in [-0.39, 0.29) is 5.41 Å². The number of hydrogen-bond acceptors (Lipinski definition) is 6. The lowest BCUT2D eigenvalue weighted by molar-refractivity contribution is 0.660. The van der Waals surface area contributed by atoms with Gasteiger partial charge in [-0.1, -0.05) is 62.4 Å². The number of fused-ring (bicyclic) bond motifs is 3. The zero-order chi connectivity index (χ0) is 33.5. The highest BCUT2D eigenvalue weighted by atomic mass is 15.0. The van der Waals surface area contributed by atoms with Gasteiger partial charge in [-0.05, 0) is 117 Å². The Balaban J connectivity index is 1.32. The van der Waals surface area contributed by atoms with Crippen LogP contribution in [0.25, 0.3) is 67.5 Å². The molecule has 0 atom stereocenters. The van der Waals surface area contributed by atoms with Crippen LogP contribution in [0.5, 0.6) is 0 Å². The van der Waals surface area contributed by atoms with E-state index in [1.165, 1.54) is 22.3 Å². The smallest absolute Gasteiger partial charge is 0.164 e. The van der Waals surface area contributed by atoms with Crippen LogP contribution in [0.1, 0.15) is 36.1 Å². The fourth-order valence-corrected chi connectivity index (χ4v) is 6.67. The molecular weight excluding hydrogens is 601 g/mol. The van der Waals surface area contributed by atoms with Gasteiger partial charge in [0.15, 0.2) is 17.5 Å². The van der Waals surface area contributed by atoms with Gasteiger partial charge in [-0.3, -0.25) is 4.98 Å². The van der Waals surface area contributed by atoms with E-state index in [1.807, 2.05) is 66.7 Å². The van der Waals surface area contributed by atoms with Crippen LogP contribution in [0, 0.1) is 22.7 Å². The molecule has 6 heteroatoms. The van der Waals surface area contributed by atoms with Gasteiger partial charge in [0.25, 0.3) is 0 Å². The third-order valence-corrected chi connectivity index (χ3v) is 9.28. The Hall–Kier alpha value is -6.76. The first-order chi connectivity index (χ1) is 23.9. The molecule has 1 aliphatic carbocycles. The van der Waals surface area contributed by atoms with Crippen molar-refractivity contribution in [3.63, 3.8) is 0 Å². The number of nitrogens with zero attached hydrogens (tertiary/aromatic N) is 6. The normalized spacial score (nSPS) is 12.4. The summed E-state index contributed by atoms with van der Waals surface area (Å²) in [5.41, 5.74) is 12.4. The molecular formula is C43H28N6. The zero-order valence-corrected chi connectivity index (χ0v) is 26.9. The topological polar surface area (TPSA) is 99.1 Å². The predicted molar refractivity (Wildman–Crippen MR) is 192 cm³/mol. The van der Waals surface area contributed by atoms with Crippen LogP contribution in [0.3, 0.4) is 0 Å². The molecule has 0 radical (unpaired) electrons. The average molecular weight is 629 g/mol. The molecule has 0 bridgehead atoms. The van der Waals surface area contributed by atoms with Crippen molar-refractivity contribution in [2.75, 3.05) is 0 Å². The highest BCUT2D eigenvalue weighted by Crippen LogP contribution is 2.50. The summed E-state index contributed by atoms with van der Waals surface area (Å²) in [6.07, 6.45) is 3.59. The summed E-state index contributed by atoms with van der Waals surface area (Å²) in [6, 6.07) is 44.8. The maximum absolute atomic E-state index is 9.59. The minimum atomic E-state index is -0.270. The first-order valence-electron chi connectivity index (χ1n) is 16.0. The third kappa shape index (κ3) is 5.32. The van der Waals surface area contributed by atoms with Gasteiger partial charge in [-0.15, -0.1) is 0 Å². The van der Waals surface area contributed by atoms with E-state index in [1.54, 1.807) is 24.5 Å². The Morgan fingerprint density at radius 2 is 0.959 bits per heavy atom. The number of aromatic nitrogens is 4. The summed E-state index contributed by atoms with van der Waals surface area (Å²) in [7, 11) is 0. The van der Waals surface area contributed by atoms with E-state index >= 15 is 0 Å². The second kappa shape index (κ2) is 11.8. The van der Waals surface area contributed by atoms with Gasteiger partial charge in [0.2, 0.25) is 0 Å². The molecule has 7 aromatic rings. The highest BCUT2D eigenvalue weighted by Gasteiger charge is 2.35. The van der Waals surface area contributed by atoms with Crippen molar-refractivity contribution in [3.8, 4) is 79.7 Å². The minimum Gasteiger partial charge on any atom is -0.265 e. The van der Waals surface area contributed by atoms with Crippen molar-refractivity contribution < 1.29 is 0 Å². The van der Waals surface area contributed by atoms with Crippen LogP contribution in [-0.4, -0.2) is 19.9 Å². The molecule has 0 unspecified atom stereocenters. The molecule has 230 valence electrons. The molecule has 2 aromatic heterocycles. The summed E-state index contributed by atoms with van der Waals surface area (Å²) < 4.78 is 0. The molecule has 0 saturated carbocycles. The van der Waals surface area contributed by atoms with E-state index in [2.05, 4.69) is 73.4 Å². The van der Waals surface area contributed by atoms with Gasteiger partial charge >= 0.3 is 0 Å². The molecule has 5 aromatic carbocycles. The Morgan fingerprint density at radius 1 is 0.449 bits per heavy atom. The average Bonchev–Trinajstić information content (AvgIpc) is 3.39. The molecule has 2 heterocycles. The second-order valence-corrected chi connectivity index (χ2v) is 12.7. The molecule has 0 aliphatic heterocycles. The summed E-state index contributed by atoms with van der Waals surface area (Å²) in [5.74, 6) is 1.64. The van der Waals surface area contributed by atoms with Crippen molar-refractivity contribution in [1.29, 1.82) is 10.5 Å². The van der Waals surface area contributed by atoms with Gasteiger partial charge in [0.1, 0.15) is 0 Å². The van der Waals surface area contributed by atoms with Gasteiger partial charge < -0.3 is 0 Å². The van der Waals surface area contributed by atoms with Crippen LogP contribution < -0.4 is 0 Å². The molecule has 6 nitrogen and oxygen atoms in total. The lowest BCUT2D eigenvalue weighted by atomic mass is 9.81. The number of hydrogen-bond donors (Lipinski definition) is 0. The Kier molecular flexibility index (Phi) is 7.13. The van der Waals surface area contributed by atoms with E-state index in [0.717, 1.165) is 38.9 Å². The van der Waals surface area contributed by atoms with E-state index in [0.29, 0.717) is 28.6 Å². The zero-order valence-electron chi connectivity index (χ0n) is 26.9. The molecule has 49 heavy (non-hydrogen) atoms. The Morgan fingerprint density at radius 3 is 1.61 bits per heavy atom. The molecule has 0 spiro atoms. The molecule has 0 fully saturated rings. The van der Waals surface area contributed by atoms with Gasteiger partial charge in [0, 0.05) is 34.5 Å². The number of nitriles is 2. The first kappa shape index (κ1) is 29.6. The van der Waals surface area contributed by atoms with Crippen molar-refractivity contribution in [2.24, 2.45) is 0 Å². The van der Waals surface area contributed by atoms with E-state index in [9.17, 15) is 10.5 Å². The van der Waals surface area contributed by atoms with Crippen molar-refractivity contribution in [1.82, 2.24) is 19.9 Å². The van der Waals surface area contributed by atoms with Crippen LogP contribution in [0.2, 0.25) is 0 Å². The van der Waals surface area contributed by atoms with Gasteiger partial charge in [0.05, 0.1) is 23.3 Å². The molecule has 0 saturated heterocycles. The number of pyridine rings is 1. The van der Waals surface area contributed by atoms with Crippen LogP contribution >= 0.6 is 0 Å². The highest BCUT2D eigenvalue weighted by molar-refractivity contribution is 5.86. The van der Waals surface area contributed by atoms with E-state index in [4.69, 9.17) is 15.0 Å². The maximum Gasteiger partial charge on any atom is 0.164 e. The fourth-order valence-electron chi connectivity index (χ4n) is 6.67. The second-order valence-electron chi connectivity index (χ2n) is 12.7. The lowest BCUT2D eigenvalue weighted by Crippen LogP contribution is -2.15. The predicted octanol–water partition coefficient (Wildman–Crippen LogP) is 9.65. The van der Waals surface area contributed by atoms with E-state index < -0.39 is 0 Å². The van der Waals surface area contributed by atoms with Crippen LogP contribution in [0.15, 0.2) is 134 Å². The minimum absolute atomic E-state index is 0.270. The summed E-state index contributed by atoms with van der Waals surface area (Å²) >= 11 is 0. The molecule has 0 amide bonds. The van der Waals surface area contributed by atoms with Crippen molar-refractivity contribution >= 4 is 0 Å². The Bertz CT molecular complexity index is 2470. The lowest BCUT2D eigenvalue weighted by Gasteiger charge is -2.22. The molecule has 8 rings (SSSR count). The number of rotatable bonds is 5. The monoisotopic (exact) mass is 628 g/mol. The fraction of sp³-hybridized carbons (Fsp3) is 0.0698. The summed E-state index contributed by atoms with van der Waals surface area (Å²) in [5, 5.41) is 19.0. The number of benzene rings is 5. The molecule has 0 N–H and O–H groups in total. The van der Waals surface area contributed by atoms with Gasteiger partial charge in [-0.25, -0.2) is 15.0 Å². The Labute approximate surface area is 284 Å². The first-order valence-corrected chi connectivity index (χ1v) is 16.0. The van der Waals surface area contributed by atoms with Crippen LogP contribution in [0.4, 0.5) is 0 Å². The van der Waals surface area contributed by atoms with Crippen LogP contribution in [-0.2, 0) is 5.41 Å². The largest absolute Gasteiger partial charge is 0.265 e. The molecule has 1 aliphatic rings. The summed E-state index contributed by atoms with van der Waals surface area (Å²) in [4.78, 5) is 19.1. The van der Waals surface area contributed by atoms with Crippen molar-refractivity contribution in [2.45, 2.75) is 19.3 Å². The third-order valence-electron chi connectivity index (χ3n) is 9.28. The van der Waals surface area contributed by atoms with Gasteiger partial charge in [-0.2, -0.15) is 10.5 Å². The summed E-state index contributed by atoms with van der Waals surface area (Å²) in [6.45, 7) is 4.45. The van der Waals surface area contributed by atoms with Crippen molar-refractivity contribution in [3.05, 3.63) is 156 Å². The standard InChI is InChI=1S/C43H28N6/c1-43(2)38-20-28(26-45)10-14-36(38)37-15-13-32(24-39(37)43)34-21-33(29-16-18-46-19-17-29)22-35(23-34)42-48-40(30-6-4-3-5-7-30)47-41(49-42)31-11-8-27(25-44)9-12-31/h3-24H,1-2H3. The quantitative estimate of drug-likeness (QED) is 0.188. The maximum atomic E-state index is 9.59. The SMILES string of the molecule is CC1(C)c2cc(C#N)ccc2-c2ccc(-c3cc(-c4ccncc4)cc(-c4nc(-c5ccccc5)nc(-c5ccc(C#N)cc5)n4)c3)cc21.